The maximum atomic E-state index is 5.15. The van der Waals surface area contributed by atoms with Gasteiger partial charge in [0.2, 0.25) is 0 Å². The predicted octanol–water partition coefficient (Wildman–Crippen LogP) is 2.41. The Balaban J connectivity index is 2.10. The number of para-hydroxylation sites is 1. The summed E-state index contributed by atoms with van der Waals surface area (Å²) in [6.07, 6.45) is 0. The summed E-state index contributed by atoms with van der Waals surface area (Å²) in [5, 5.41) is 1.23. The summed E-state index contributed by atoms with van der Waals surface area (Å²) in [4.78, 5) is 4.57. The predicted molar refractivity (Wildman–Crippen MR) is 53.2 cm³/mol. The van der Waals surface area contributed by atoms with E-state index in [4.69, 9.17) is 4.74 Å². The van der Waals surface area contributed by atoms with Gasteiger partial charge in [0.1, 0.15) is 5.01 Å². The third kappa shape index (κ3) is 1.16. The van der Waals surface area contributed by atoms with Crippen molar-refractivity contribution in [3.63, 3.8) is 0 Å². The number of hydrogen-bond donors (Lipinski definition) is 0. The van der Waals surface area contributed by atoms with E-state index >= 15 is 0 Å². The van der Waals surface area contributed by atoms with Crippen LogP contribution in [0.25, 0.3) is 10.2 Å². The lowest BCUT2D eigenvalue weighted by atomic mass is 10.1. The van der Waals surface area contributed by atoms with Crippen molar-refractivity contribution in [2.45, 2.75) is 5.92 Å². The number of thiazole rings is 1. The van der Waals surface area contributed by atoms with E-state index in [-0.39, 0.29) is 0 Å². The molecule has 3 heteroatoms. The Morgan fingerprint density at radius 2 is 2.15 bits per heavy atom. The van der Waals surface area contributed by atoms with Crippen LogP contribution < -0.4 is 0 Å². The quantitative estimate of drug-likeness (QED) is 0.690. The summed E-state index contributed by atoms with van der Waals surface area (Å²) in [5.41, 5.74) is 1.12. The number of rotatable bonds is 1. The monoisotopic (exact) mass is 191 g/mol. The average Bonchev–Trinajstić information content (AvgIpc) is 2.43. The van der Waals surface area contributed by atoms with E-state index in [0.29, 0.717) is 5.92 Å². The first-order valence-electron chi connectivity index (χ1n) is 4.37. The Morgan fingerprint density at radius 1 is 1.31 bits per heavy atom. The molecular formula is C10H9NOS. The Hall–Kier alpha value is -0.930. The van der Waals surface area contributed by atoms with Crippen LogP contribution in [0.1, 0.15) is 10.9 Å². The Labute approximate surface area is 80.2 Å². The lowest BCUT2D eigenvalue weighted by Crippen LogP contribution is -2.24. The molecule has 1 fully saturated rings. The highest BCUT2D eigenvalue weighted by molar-refractivity contribution is 7.18. The number of fused-ring (bicyclic) bond motifs is 1. The number of nitrogens with zero attached hydrogens (tertiary/aromatic N) is 1. The van der Waals surface area contributed by atoms with Gasteiger partial charge in [0.05, 0.1) is 29.3 Å². The van der Waals surface area contributed by atoms with Crippen molar-refractivity contribution in [3.05, 3.63) is 29.3 Å². The van der Waals surface area contributed by atoms with Gasteiger partial charge in [-0.1, -0.05) is 12.1 Å². The van der Waals surface area contributed by atoms with Crippen LogP contribution in [0.5, 0.6) is 0 Å². The molecule has 2 heterocycles. The van der Waals surface area contributed by atoms with Crippen LogP contribution in [0.3, 0.4) is 0 Å². The third-order valence-electron chi connectivity index (χ3n) is 2.30. The fourth-order valence-corrected chi connectivity index (χ4v) is 2.48. The van der Waals surface area contributed by atoms with Crippen molar-refractivity contribution >= 4 is 21.6 Å². The van der Waals surface area contributed by atoms with Gasteiger partial charge in [0, 0.05) is 0 Å². The summed E-state index contributed by atoms with van der Waals surface area (Å²) in [6.45, 7) is 1.69. The highest BCUT2D eigenvalue weighted by Gasteiger charge is 2.23. The Bertz CT molecular complexity index is 400. The molecule has 1 aliphatic heterocycles. The molecule has 0 unspecified atom stereocenters. The average molecular weight is 191 g/mol. The number of hydrogen-bond acceptors (Lipinski definition) is 3. The molecule has 1 aromatic carbocycles. The Kier molecular flexibility index (Phi) is 1.60. The maximum Gasteiger partial charge on any atom is 0.102 e. The van der Waals surface area contributed by atoms with Gasteiger partial charge in [-0.3, -0.25) is 0 Å². The SMILES string of the molecule is c1ccc2sc(C3COC3)nc2c1. The zero-order valence-electron chi connectivity index (χ0n) is 7.06. The standard InChI is InChI=1S/C10H9NOS/c1-2-4-9-8(3-1)11-10(13-9)7-5-12-6-7/h1-4,7H,5-6H2. The molecule has 0 amide bonds. The van der Waals surface area contributed by atoms with Crippen LogP contribution in [-0.2, 0) is 4.74 Å². The maximum absolute atomic E-state index is 5.15. The van der Waals surface area contributed by atoms with Crippen molar-refractivity contribution < 1.29 is 4.74 Å². The van der Waals surface area contributed by atoms with Crippen LogP contribution in [0.4, 0.5) is 0 Å². The molecule has 2 nitrogen and oxygen atoms in total. The van der Waals surface area contributed by atoms with Crippen molar-refractivity contribution in [3.8, 4) is 0 Å². The van der Waals surface area contributed by atoms with E-state index in [1.54, 1.807) is 11.3 Å². The van der Waals surface area contributed by atoms with E-state index in [9.17, 15) is 0 Å². The van der Waals surface area contributed by atoms with Crippen LogP contribution in [0.15, 0.2) is 24.3 Å². The number of benzene rings is 1. The van der Waals surface area contributed by atoms with Gasteiger partial charge >= 0.3 is 0 Å². The molecule has 66 valence electrons. The van der Waals surface area contributed by atoms with E-state index in [0.717, 1.165) is 18.7 Å². The summed E-state index contributed by atoms with van der Waals surface area (Å²) < 4.78 is 6.43. The minimum absolute atomic E-state index is 0.553. The van der Waals surface area contributed by atoms with Gasteiger partial charge in [-0.15, -0.1) is 11.3 Å². The second-order valence-corrected chi connectivity index (χ2v) is 4.32. The van der Waals surface area contributed by atoms with Gasteiger partial charge in [0.15, 0.2) is 0 Å². The van der Waals surface area contributed by atoms with Crippen LogP contribution in [0, 0.1) is 0 Å². The Morgan fingerprint density at radius 3 is 2.85 bits per heavy atom. The fourth-order valence-electron chi connectivity index (χ4n) is 1.44. The fraction of sp³-hybridized carbons (Fsp3) is 0.300. The highest BCUT2D eigenvalue weighted by Crippen LogP contribution is 2.31. The van der Waals surface area contributed by atoms with Crippen LogP contribution in [0.2, 0.25) is 0 Å². The molecule has 0 saturated carbocycles. The van der Waals surface area contributed by atoms with Gasteiger partial charge in [-0.2, -0.15) is 0 Å². The van der Waals surface area contributed by atoms with E-state index in [2.05, 4.69) is 23.2 Å². The summed E-state index contributed by atoms with van der Waals surface area (Å²) in [7, 11) is 0. The summed E-state index contributed by atoms with van der Waals surface area (Å²) >= 11 is 1.79. The molecule has 3 rings (SSSR count). The molecular weight excluding hydrogens is 182 g/mol. The van der Waals surface area contributed by atoms with E-state index < -0.39 is 0 Å². The molecule has 2 aromatic rings. The first kappa shape index (κ1) is 7.47. The van der Waals surface area contributed by atoms with Gasteiger partial charge in [-0.25, -0.2) is 4.98 Å². The summed E-state index contributed by atoms with van der Waals surface area (Å²) in [6, 6.07) is 8.27. The molecule has 0 bridgehead atoms. The number of ether oxygens (including phenoxy) is 1. The van der Waals surface area contributed by atoms with Crippen LogP contribution >= 0.6 is 11.3 Å². The normalized spacial score (nSPS) is 17.5. The molecule has 0 spiro atoms. The molecule has 13 heavy (non-hydrogen) atoms. The lowest BCUT2D eigenvalue weighted by molar-refractivity contribution is 0.00842. The molecule has 1 saturated heterocycles. The molecule has 0 N–H and O–H groups in total. The third-order valence-corrected chi connectivity index (χ3v) is 3.50. The molecule has 0 aliphatic carbocycles. The molecule has 1 aromatic heterocycles. The van der Waals surface area contributed by atoms with Crippen molar-refractivity contribution in [1.29, 1.82) is 0 Å². The van der Waals surface area contributed by atoms with E-state index in [1.165, 1.54) is 9.71 Å². The van der Waals surface area contributed by atoms with Crippen molar-refractivity contribution in [2.75, 3.05) is 13.2 Å². The second kappa shape index (κ2) is 2.79. The van der Waals surface area contributed by atoms with Crippen LogP contribution in [-0.4, -0.2) is 18.2 Å². The lowest BCUT2D eigenvalue weighted by Gasteiger charge is -2.23. The molecule has 0 atom stereocenters. The first-order valence-corrected chi connectivity index (χ1v) is 5.18. The van der Waals surface area contributed by atoms with E-state index in [1.807, 2.05) is 6.07 Å². The minimum Gasteiger partial charge on any atom is -0.380 e. The number of aromatic nitrogens is 1. The second-order valence-electron chi connectivity index (χ2n) is 3.25. The minimum atomic E-state index is 0.553. The smallest absolute Gasteiger partial charge is 0.102 e. The summed E-state index contributed by atoms with van der Waals surface area (Å²) in [5.74, 6) is 0.553. The largest absolute Gasteiger partial charge is 0.380 e. The zero-order chi connectivity index (χ0) is 8.67. The topological polar surface area (TPSA) is 22.1 Å². The zero-order valence-corrected chi connectivity index (χ0v) is 7.88. The first-order chi connectivity index (χ1) is 6.43. The van der Waals surface area contributed by atoms with Gasteiger partial charge in [0.25, 0.3) is 0 Å². The van der Waals surface area contributed by atoms with Crippen molar-refractivity contribution in [2.24, 2.45) is 0 Å². The van der Waals surface area contributed by atoms with Gasteiger partial charge < -0.3 is 4.74 Å². The molecule has 1 aliphatic rings. The van der Waals surface area contributed by atoms with Crippen molar-refractivity contribution in [1.82, 2.24) is 4.98 Å². The molecule has 0 radical (unpaired) electrons. The highest BCUT2D eigenvalue weighted by atomic mass is 32.1. The van der Waals surface area contributed by atoms with Gasteiger partial charge in [-0.05, 0) is 12.1 Å².